The quantitative estimate of drug-likeness (QED) is 0.349. The summed E-state index contributed by atoms with van der Waals surface area (Å²) in [6.07, 6.45) is 1.81. The summed E-state index contributed by atoms with van der Waals surface area (Å²) in [6.45, 7) is 0.331. The van der Waals surface area contributed by atoms with Gasteiger partial charge in [-0.1, -0.05) is 66.4 Å². The van der Waals surface area contributed by atoms with Gasteiger partial charge in [0.2, 0.25) is 0 Å². The van der Waals surface area contributed by atoms with Crippen molar-refractivity contribution < 1.29 is 19.1 Å². The van der Waals surface area contributed by atoms with E-state index in [2.05, 4.69) is 5.32 Å². The number of carbonyl (C=O) groups excluding carboxylic acids is 2. The standard InChI is InChI=1S/C26H22N2O4S2/c1-31-21-13-9-20(10-14-21)27-24(29)17-32-22-11-7-18(8-12-22)15-23-25(30)28(26(33)34-23)16-19-5-3-2-4-6-19/h2-15H,16-17H2,1H3,(H,27,29)/b23-15-. The molecule has 1 N–H and O–H groups in total. The SMILES string of the molecule is COc1ccc(NC(=O)COc2ccc(/C=C3\SC(=S)N(Cc4ccccc4)C3=O)cc2)cc1. The summed E-state index contributed by atoms with van der Waals surface area (Å²) in [5.41, 5.74) is 2.53. The molecule has 1 fully saturated rings. The minimum Gasteiger partial charge on any atom is -0.497 e. The van der Waals surface area contributed by atoms with E-state index in [1.807, 2.05) is 48.5 Å². The van der Waals surface area contributed by atoms with Gasteiger partial charge >= 0.3 is 0 Å². The Labute approximate surface area is 207 Å². The van der Waals surface area contributed by atoms with Crippen LogP contribution in [-0.4, -0.2) is 34.8 Å². The Morgan fingerprint density at radius 1 is 1.00 bits per heavy atom. The summed E-state index contributed by atoms with van der Waals surface area (Å²) in [5, 5.41) is 2.77. The molecule has 3 aromatic rings. The first-order chi connectivity index (χ1) is 16.5. The van der Waals surface area contributed by atoms with Gasteiger partial charge in [-0.05, 0) is 53.6 Å². The highest BCUT2D eigenvalue weighted by Crippen LogP contribution is 2.33. The molecule has 0 saturated carbocycles. The minimum absolute atomic E-state index is 0.102. The maximum Gasteiger partial charge on any atom is 0.266 e. The van der Waals surface area contributed by atoms with Gasteiger partial charge in [0, 0.05) is 5.69 Å². The summed E-state index contributed by atoms with van der Waals surface area (Å²) in [5.74, 6) is 0.900. The van der Waals surface area contributed by atoms with Crippen molar-refractivity contribution in [2.45, 2.75) is 6.54 Å². The maximum atomic E-state index is 12.8. The van der Waals surface area contributed by atoms with Gasteiger partial charge in [0.1, 0.15) is 15.8 Å². The van der Waals surface area contributed by atoms with E-state index >= 15 is 0 Å². The summed E-state index contributed by atoms with van der Waals surface area (Å²) in [6, 6.07) is 24.0. The van der Waals surface area contributed by atoms with Crippen molar-refractivity contribution in [3.05, 3.63) is 94.9 Å². The molecule has 3 aromatic carbocycles. The first-order valence-electron chi connectivity index (χ1n) is 10.5. The Morgan fingerprint density at radius 3 is 2.35 bits per heavy atom. The van der Waals surface area contributed by atoms with Gasteiger partial charge in [0.05, 0.1) is 18.6 Å². The van der Waals surface area contributed by atoms with Crippen LogP contribution in [0.3, 0.4) is 0 Å². The highest BCUT2D eigenvalue weighted by Gasteiger charge is 2.31. The van der Waals surface area contributed by atoms with Crippen LogP contribution < -0.4 is 14.8 Å². The monoisotopic (exact) mass is 490 g/mol. The van der Waals surface area contributed by atoms with Crippen LogP contribution in [0.25, 0.3) is 6.08 Å². The number of nitrogens with zero attached hydrogens (tertiary/aromatic N) is 1. The molecule has 1 heterocycles. The van der Waals surface area contributed by atoms with Crippen LogP contribution in [0.4, 0.5) is 5.69 Å². The third-order valence-corrected chi connectivity index (χ3v) is 6.36. The molecular formula is C26H22N2O4S2. The van der Waals surface area contributed by atoms with Crippen LogP contribution in [0.15, 0.2) is 83.8 Å². The van der Waals surface area contributed by atoms with Gasteiger partial charge in [-0.25, -0.2) is 0 Å². The first kappa shape index (κ1) is 23.5. The number of ether oxygens (including phenoxy) is 2. The third-order valence-electron chi connectivity index (χ3n) is 4.98. The molecule has 0 radical (unpaired) electrons. The smallest absolute Gasteiger partial charge is 0.266 e. The van der Waals surface area contributed by atoms with E-state index in [1.54, 1.807) is 48.4 Å². The Bertz CT molecular complexity index is 1210. The molecule has 2 amide bonds. The van der Waals surface area contributed by atoms with Crippen LogP contribution in [0.1, 0.15) is 11.1 Å². The molecule has 172 valence electrons. The van der Waals surface area contributed by atoms with E-state index in [1.165, 1.54) is 11.8 Å². The van der Waals surface area contributed by atoms with Gasteiger partial charge in [0.25, 0.3) is 11.8 Å². The summed E-state index contributed by atoms with van der Waals surface area (Å²) in [7, 11) is 1.59. The van der Waals surface area contributed by atoms with Gasteiger partial charge in [-0.2, -0.15) is 0 Å². The lowest BCUT2D eigenvalue weighted by Gasteiger charge is -2.14. The van der Waals surface area contributed by atoms with Crippen molar-refractivity contribution in [1.29, 1.82) is 0 Å². The Hall–Kier alpha value is -3.62. The molecule has 0 atom stereocenters. The molecule has 0 aromatic heterocycles. The van der Waals surface area contributed by atoms with Gasteiger partial charge in [-0.15, -0.1) is 0 Å². The number of thiocarbonyl (C=S) groups is 1. The molecular weight excluding hydrogens is 468 g/mol. The largest absolute Gasteiger partial charge is 0.497 e. The van der Waals surface area contributed by atoms with E-state index in [-0.39, 0.29) is 18.4 Å². The number of methoxy groups -OCH3 is 1. The topological polar surface area (TPSA) is 67.9 Å². The Kier molecular flexibility index (Phi) is 7.61. The molecule has 0 bridgehead atoms. The van der Waals surface area contributed by atoms with Gasteiger partial charge < -0.3 is 14.8 Å². The molecule has 1 aliphatic heterocycles. The molecule has 4 rings (SSSR count). The lowest BCUT2D eigenvalue weighted by atomic mass is 10.2. The van der Waals surface area contributed by atoms with E-state index in [0.29, 0.717) is 33.0 Å². The number of rotatable bonds is 8. The van der Waals surface area contributed by atoms with Gasteiger partial charge in [0.15, 0.2) is 6.61 Å². The molecule has 1 aliphatic rings. The van der Waals surface area contributed by atoms with E-state index in [0.717, 1.165) is 11.1 Å². The molecule has 34 heavy (non-hydrogen) atoms. The average Bonchev–Trinajstić information content (AvgIpc) is 3.12. The van der Waals surface area contributed by atoms with Crippen LogP contribution >= 0.6 is 24.0 Å². The predicted octanol–water partition coefficient (Wildman–Crippen LogP) is 5.11. The number of nitrogens with one attached hydrogen (secondary N) is 1. The second-order valence-electron chi connectivity index (χ2n) is 7.39. The van der Waals surface area contributed by atoms with E-state index in [4.69, 9.17) is 21.7 Å². The van der Waals surface area contributed by atoms with Crippen molar-refractivity contribution in [2.24, 2.45) is 0 Å². The number of amides is 2. The normalized spacial score (nSPS) is 14.4. The molecule has 0 unspecified atom stereocenters. The van der Waals surface area contributed by atoms with Crippen LogP contribution in [0, 0.1) is 0 Å². The minimum atomic E-state index is -0.267. The molecule has 8 heteroatoms. The van der Waals surface area contributed by atoms with Crippen molar-refractivity contribution >= 4 is 51.9 Å². The molecule has 6 nitrogen and oxygen atoms in total. The van der Waals surface area contributed by atoms with E-state index in [9.17, 15) is 9.59 Å². The van der Waals surface area contributed by atoms with Crippen LogP contribution in [0.5, 0.6) is 11.5 Å². The molecule has 0 aliphatic carbocycles. The summed E-state index contributed by atoms with van der Waals surface area (Å²) < 4.78 is 11.2. The second-order valence-corrected chi connectivity index (χ2v) is 9.06. The molecule has 0 spiro atoms. The van der Waals surface area contributed by atoms with Crippen LogP contribution in [-0.2, 0) is 16.1 Å². The first-order valence-corrected chi connectivity index (χ1v) is 11.7. The predicted molar refractivity (Wildman–Crippen MR) is 139 cm³/mol. The van der Waals surface area contributed by atoms with Crippen molar-refractivity contribution in [3.63, 3.8) is 0 Å². The zero-order valence-electron chi connectivity index (χ0n) is 18.4. The zero-order chi connectivity index (χ0) is 23.9. The van der Waals surface area contributed by atoms with Crippen molar-refractivity contribution in [1.82, 2.24) is 4.90 Å². The third kappa shape index (κ3) is 6.03. The number of carbonyl (C=O) groups is 2. The average molecular weight is 491 g/mol. The Balaban J connectivity index is 1.32. The second kappa shape index (κ2) is 11.0. The van der Waals surface area contributed by atoms with Crippen molar-refractivity contribution in [2.75, 3.05) is 19.0 Å². The lowest BCUT2D eigenvalue weighted by molar-refractivity contribution is -0.122. The number of benzene rings is 3. The van der Waals surface area contributed by atoms with Crippen molar-refractivity contribution in [3.8, 4) is 11.5 Å². The maximum absolute atomic E-state index is 12.8. The molecule has 1 saturated heterocycles. The van der Waals surface area contributed by atoms with E-state index < -0.39 is 0 Å². The number of anilines is 1. The highest BCUT2D eigenvalue weighted by molar-refractivity contribution is 8.26. The Morgan fingerprint density at radius 2 is 1.68 bits per heavy atom. The fraction of sp³-hybridized carbons (Fsp3) is 0.115. The zero-order valence-corrected chi connectivity index (χ0v) is 20.0. The highest BCUT2D eigenvalue weighted by atomic mass is 32.2. The summed E-state index contributed by atoms with van der Waals surface area (Å²) >= 11 is 6.71. The van der Waals surface area contributed by atoms with Gasteiger partial charge in [-0.3, -0.25) is 14.5 Å². The van der Waals surface area contributed by atoms with Crippen LogP contribution in [0.2, 0.25) is 0 Å². The summed E-state index contributed by atoms with van der Waals surface area (Å²) in [4.78, 5) is 27.1. The number of thioether (sulfide) groups is 1. The number of hydrogen-bond donors (Lipinski definition) is 1. The lowest BCUT2D eigenvalue weighted by Crippen LogP contribution is -2.27. The fourth-order valence-corrected chi connectivity index (χ4v) is 4.49. The fourth-order valence-electron chi connectivity index (χ4n) is 3.23. The number of hydrogen-bond acceptors (Lipinski definition) is 6.